The Morgan fingerprint density at radius 3 is 2.57 bits per heavy atom. The van der Waals surface area contributed by atoms with Crippen molar-refractivity contribution in [2.75, 3.05) is 39.8 Å². The van der Waals surface area contributed by atoms with E-state index in [1.54, 1.807) is 6.33 Å². The summed E-state index contributed by atoms with van der Waals surface area (Å²) in [7, 11) is 2.16. The van der Waals surface area contributed by atoms with Crippen LogP contribution in [0.3, 0.4) is 0 Å². The van der Waals surface area contributed by atoms with Gasteiger partial charge >= 0.3 is 6.09 Å². The first-order chi connectivity index (χ1) is 20.3. The van der Waals surface area contributed by atoms with E-state index in [1.807, 2.05) is 71.3 Å². The van der Waals surface area contributed by atoms with Crippen LogP contribution in [0.4, 0.5) is 4.79 Å². The van der Waals surface area contributed by atoms with E-state index in [2.05, 4.69) is 41.1 Å². The van der Waals surface area contributed by atoms with Crippen LogP contribution in [-0.2, 0) is 39.0 Å². The second-order valence-corrected chi connectivity index (χ2v) is 13.8. The average Bonchev–Trinajstić information content (AvgIpc) is 3.53. The van der Waals surface area contributed by atoms with Crippen LogP contribution in [0, 0.1) is 12.8 Å². The molecule has 42 heavy (non-hydrogen) atoms. The molecule has 2 aliphatic rings. The number of aryl methyl sites for hydroxylation is 2. The van der Waals surface area contributed by atoms with E-state index in [9.17, 15) is 9.00 Å². The summed E-state index contributed by atoms with van der Waals surface area (Å²) in [6.45, 7) is 8.93. The van der Waals surface area contributed by atoms with E-state index >= 15 is 0 Å². The quantitative estimate of drug-likeness (QED) is 0.216. The molecule has 3 aromatic rings. The number of hydrogen-bond donors (Lipinski definition) is 0. The molecule has 1 saturated carbocycles. The summed E-state index contributed by atoms with van der Waals surface area (Å²) in [4.78, 5) is 21.7. The third-order valence-electron chi connectivity index (χ3n) is 9.11. The minimum Gasteiger partial charge on any atom is -0.445 e. The Balaban J connectivity index is 1.14. The van der Waals surface area contributed by atoms with E-state index in [1.165, 1.54) is 11.1 Å². The topological polar surface area (TPSA) is 70.9 Å². The fourth-order valence-corrected chi connectivity index (χ4v) is 7.79. The number of imidazole rings is 1. The first-order valence-corrected chi connectivity index (χ1v) is 16.4. The molecule has 9 heteroatoms. The van der Waals surface area contributed by atoms with E-state index < -0.39 is 11.0 Å². The number of benzene rings is 2. The first-order valence-electron chi connectivity index (χ1n) is 15.2. The maximum Gasteiger partial charge on any atom is 0.410 e. The molecule has 1 aliphatic heterocycles. The Bertz CT molecular complexity index is 1360. The van der Waals surface area contributed by atoms with Crippen molar-refractivity contribution in [1.82, 2.24) is 23.7 Å². The summed E-state index contributed by atoms with van der Waals surface area (Å²) in [5.74, 6) is 0.548. The fraction of sp³-hybridized carbons (Fsp3) is 0.515. The van der Waals surface area contributed by atoms with Gasteiger partial charge in [0, 0.05) is 45.2 Å². The highest BCUT2D eigenvalue weighted by molar-refractivity contribution is 7.82. The average molecular weight is 593 g/mol. The molecule has 1 amide bonds. The number of thiol groups is 1. The second kappa shape index (κ2) is 13.5. The zero-order valence-electron chi connectivity index (χ0n) is 25.5. The predicted molar refractivity (Wildman–Crippen MR) is 168 cm³/mol. The van der Waals surface area contributed by atoms with Gasteiger partial charge < -0.3 is 19.1 Å². The molecular formula is C33H46N5O3S+. The van der Waals surface area contributed by atoms with E-state index in [0.29, 0.717) is 24.1 Å². The van der Waals surface area contributed by atoms with E-state index in [0.717, 1.165) is 57.4 Å². The van der Waals surface area contributed by atoms with Crippen LogP contribution in [0.2, 0.25) is 0 Å². The molecule has 1 aromatic heterocycles. The Morgan fingerprint density at radius 1 is 1.14 bits per heavy atom. The van der Waals surface area contributed by atoms with E-state index in [4.69, 9.17) is 4.74 Å². The lowest BCUT2D eigenvalue weighted by molar-refractivity contribution is 0.0627. The van der Waals surface area contributed by atoms with Crippen LogP contribution < -0.4 is 0 Å². The van der Waals surface area contributed by atoms with Crippen molar-refractivity contribution in [2.45, 2.75) is 62.6 Å². The predicted octanol–water partition coefficient (Wildman–Crippen LogP) is 5.10. The van der Waals surface area contributed by atoms with Gasteiger partial charge in [0.25, 0.3) is 5.03 Å². The van der Waals surface area contributed by atoms with Crippen molar-refractivity contribution >= 4 is 17.1 Å². The summed E-state index contributed by atoms with van der Waals surface area (Å²) in [6, 6.07) is 18.9. The first kappa shape index (κ1) is 30.4. The maximum atomic E-state index is 13.3. The Morgan fingerprint density at radius 2 is 1.90 bits per heavy atom. The van der Waals surface area contributed by atoms with Gasteiger partial charge in [0.2, 0.25) is 0 Å². The molecule has 226 valence electrons. The minimum atomic E-state index is -1.72. The number of likely N-dealkylation sites (tertiary alicyclic amines) is 1. The molecule has 0 N–H and O–H groups in total. The number of piperidine rings is 1. The number of carbonyl (C=O) groups is 1. The third-order valence-corrected chi connectivity index (χ3v) is 10.5. The maximum absolute atomic E-state index is 13.3. The SMILES string of the molecule is CCN(C(=O)OCc1ccccc1)C1CCN(CC[C@@H]2C[C@@]2(CN(C)[SH+](=O)c2cn(C)cn2)c2cccc(C)c2)CC1. The molecule has 1 aliphatic carbocycles. The standard InChI is InChI=1S/C33H45N5O3S/c1-5-38(32(39)41-23-27-11-7-6-8-12-27)30-15-18-37(19-16-30)17-14-29-21-33(29,28-13-9-10-26(2)20-28)24-36(4)42(40)31-22-35(3)25-34-31/h6-13,20,22,25,29-30H,5,14-19,21,23-24H2,1-4H3/p+1/t29-,33-,42?/m1/s1. The van der Waals surface area contributed by atoms with Gasteiger partial charge in [-0.3, -0.25) is 0 Å². The Labute approximate surface area is 253 Å². The van der Waals surface area contributed by atoms with Gasteiger partial charge in [-0.1, -0.05) is 64.4 Å². The van der Waals surface area contributed by atoms with Crippen molar-refractivity contribution in [3.05, 3.63) is 83.8 Å². The summed E-state index contributed by atoms with van der Waals surface area (Å²) >= 11 is 0. The molecule has 8 nitrogen and oxygen atoms in total. The number of ether oxygens (including phenoxy) is 1. The molecule has 1 unspecified atom stereocenters. The summed E-state index contributed by atoms with van der Waals surface area (Å²) in [5.41, 5.74) is 3.64. The number of amides is 1. The molecular weight excluding hydrogens is 546 g/mol. The lowest BCUT2D eigenvalue weighted by atomic mass is 9.90. The lowest BCUT2D eigenvalue weighted by Crippen LogP contribution is -2.47. The minimum absolute atomic E-state index is 0.0143. The number of aromatic nitrogens is 2. The molecule has 0 bridgehead atoms. The normalized spacial score (nSPS) is 21.8. The zero-order chi connectivity index (χ0) is 29.7. The van der Waals surface area contributed by atoms with Crippen LogP contribution in [0.15, 0.2) is 72.1 Å². The molecule has 0 spiro atoms. The number of rotatable bonds is 12. The molecule has 3 atom stereocenters. The van der Waals surface area contributed by atoms with Gasteiger partial charge in [0.1, 0.15) is 6.61 Å². The van der Waals surface area contributed by atoms with Crippen LogP contribution in [-0.4, -0.2) is 75.6 Å². The highest BCUT2D eigenvalue weighted by atomic mass is 32.2. The zero-order valence-corrected chi connectivity index (χ0v) is 26.4. The molecule has 5 rings (SSSR count). The van der Waals surface area contributed by atoms with Crippen molar-refractivity contribution < 1.29 is 13.7 Å². The number of likely N-dealkylation sites (N-methyl/N-ethyl adjacent to an activating group) is 1. The Kier molecular flexibility index (Phi) is 9.81. The lowest BCUT2D eigenvalue weighted by Gasteiger charge is -2.37. The van der Waals surface area contributed by atoms with Crippen LogP contribution in [0.1, 0.15) is 49.3 Å². The van der Waals surface area contributed by atoms with Crippen molar-refractivity contribution in [3.63, 3.8) is 0 Å². The molecule has 1 saturated heterocycles. The van der Waals surface area contributed by atoms with Gasteiger partial charge in [-0.15, -0.1) is 4.31 Å². The molecule has 2 heterocycles. The van der Waals surface area contributed by atoms with Gasteiger partial charge in [-0.2, -0.15) is 4.98 Å². The Hall–Kier alpha value is -3.01. The van der Waals surface area contributed by atoms with E-state index in [-0.39, 0.29) is 17.6 Å². The number of hydrogen-bond acceptors (Lipinski definition) is 5. The van der Waals surface area contributed by atoms with Gasteiger partial charge in [0.05, 0.1) is 19.1 Å². The van der Waals surface area contributed by atoms with Gasteiger partial charge in [0.15, 0.2) is 11.0 Å². The highest BCUT2D eigenvalue weighted by Gasteiger charge is 2.56. The van der Waals surface area contributed by atoms with Crippen molar-refractivity contribution in [2.24, 2.45) is 13.0 Å². The third kappa shape index (κ3) is 7.13. The van der Waals surface area contributed by atoms with Crippen molar-refractivity contribution in [1.29, 1.82) is 0 Å². The monoisotopic (exact) mass is 592 g/mol. The largest absolute Gasteiger partial charge is 0.445 e. The fourth-order valence-electron chi connectivity index (χ4n) is 6.63. The van der Waals surface area contributed by atoms with Gasteiger partial charge in [-0.05, 0) is 63.1 Å². The van der Waals surface area contributed by atoms with Crippen molar-refractivity contribution in [3.8, 4) is 0 Å². The van der Waals surface area contributed by atoms with Crippen LogP contribution in [0.25, 0.3) is 0 Å². The summed E-state index contributed by atoms with van der Waals surface area (Å²) in [5, 5.41) is 0.638. The molecule has 2 aromatic carbocycles. The van der Waals surface area contributed by atoms with Crippen LogP contribution >= 0.6 is 0 Å². The van der Waals surface area contributed by atoms with Crippen LogP contribution in [0.5, 0.6) is 0 Å². The summed E-state index contributed by atoms with van der Waals surface area (Å²) < 4.78 is 22.8. The second-order valence-electron chi connectivity index (χ2n) is 12.1. The number of carbonyl (C=O) groups excluding carboxylic acids is 1. The molecule has 2 fully saturated rings. The van der Waals surface area contributed by atoms with Gasteiger partial charge in [-0.25, -0.2) is 4.79 Å². The number of nitrogens with zero attached hydrogens (tertiary/aromatic N) is 5. The highest BCUT2D eigenvalue weighted by Crippen LogP contribution is 2.57. The smallest absolute Gasteiger partial charge is 0.410 e. The summed E-state index contributed by atoms with van der Waals surface area (Å²) in [6.07, 6.45) is 7.51. The molecule has 0 radical (unpaired) electrons.